The zero-order chi connectivity index (χ0) is 16.5. The van der Waals surface area contributed by atoms with E-state index < -0.39 is 0 Å². The number of H-pyrrole nitrogens is 1. The first kappa shape index (κ1) is 14.1. The number of fused-ring (bicyclic) bond motifs is 3. The molecule has 0 aliphatic heterocycles. The molecule has 7 nitrogen and oxygen atoms in total. The molecule has 0 radical (unpaired) electrons. The van der Waals surface area contributed by atoms with Crippen molar-refractivity contribution >= 4 is 34.2 Å². The number of hydrogen-bond donors (Lipinski definition) is 3. The average molecular weight is 318 g/mol. The summed E-state index contributed by atoms with van der Waals surface area (Å²) >= 11 is 0. The number of nitrogens with zero attached hydrogens (tertiary/aromatic N) is 4. The van der Waals surface area contributed by atoms with Crippen molar-refractivity contribution < 1.29 is 5.11 Å². The number of hydrogen-bond acceptors (Lipinski definition) is 6. The SMILES string of the molecule is Cc1cccc2c1[nH]c1nc(N/N=C\c3cccc(O)c3)nnc12. The third-order valence-corrected chi connectivity index (χ3v) is 3.71. The fraction of sp³-hybridized carbons (Fsp3) is 0.0588. The van der Waals surface area contributed by atoms with Gasteiger partial charge in [0.25, 0.3) is 5.95 Å². The van der Waals surface area contributed by atoms with Crippen molar-refractivity contribution in [2.75, 3.05) is 5.43 Å². The van der Waals surface area contributed by atoms with E-state index in [1.807, 2.05) is 31.2 Å². The Kier molecular flexibility index (Phi) is 3.31. The van der Waals surface area contributed by atoms with E-state index in [-0.39, 0.29) is 5.75 Å². The van der Waals surface area contributed by atoms with Gasteiger partial charge in [-0.1, -0.05) is 30.3 Å². The second kappa shape index (κ2) is 5.62. The molecule has 2 heterocycles. The van der Waals surface area contributed by atoms with E-state index in [0.717, 1.165) is 27.5 Å². The van der Waals surface area contributed by atoms with Crippen LogP contribution in [-0.4, -0.2) is 31.5 Å². The van der Waals surface area contributed by atoms with Crippen LogP contribution in [0.3, 0.4) is 0 Å². The Labute approximate surface area is 137 Å². The minimum atomic E-state index is 0.187. The highest BCUT2D eigenvalue weighted by atomic mass is 16.3. The molecule has 4 rings (SSSR count). The number of nitrogens with one attached hydrogen (secondary N) is 2. The molecule has 0 aliphatic rings. The molecule has 2 aromatic heterocycles. The highest BCUT2D eigenvalue weighted by Gasteiger charge is 2.09. The van der Waals surface area contributed by atoms with Crippen molar-refractivity contribution in [2.45, 2.75) is 6.92 Å². The number of rotatable bonds is 3. The number of hydrazone groups is 1. The molecular formula is C17H14N6O. The second-order valence-corrected chi connectivity index (χ2v) is 5.42. The van der Waals surface area contributed by atoms with Crippen LogP contribution in [-0.2, 0) is 0 Å². The predicted octanol–water partition coefficient (Wildman–Crippen LogP) is 2.97. The van der Waals surface area contributed by atoms with Crippen molar-refractivity contribution in [1.82, 2.24) is 20.2 Å². The molecule has 0 saturated carbocycles. The van der Waals surface area contributed by atoms with E-state index in [1.165, 1.54) is 0 Å². The van der Waals surface area contributed by atoms with E-state index >= 15 is 0 Å². The third kappa shape index (κ3) is 2.52. The summed E-state index contributed by atoms with van der Waals surface area (Å²) in [4.78, 5) is 7.66. The van der Waals surface area contributed by atoms with Crippen molar-refractivity contribution in [3.05, 3.63) is 53.6 Å². The first-order valence-corrected chi connectivity index (χ1v) is 7.40. The molecule has 0 amide bonds. The average Bonchev–Trinajstić information content (AvgIpc) is 2.94. The van der Waals surface area contributed by atoms with Crippen LogP contribution in [0.25, 0.3) is 22.1 Å². The Morgan fingerprint density at radius 2 is 2.04 bits per heavy atom. The standard InChI is InChI=1S/C17H14N6O/c1-10-4-2-7-13-14(10)19-16-15(13)21-23-17(20-16)22-18-9-11-5-3-6-12(24)8-11/h2-9,24H,1H3,(H2,19,20,22,23)/b18-9-. The van der Waals surface area contributed by atoms with Gasteiger partial charge in [-0.15, -0.1) is 10.2 Å². The molecule has 0 atom stereocenters. The van der Waals surface area contributed by atoms with Crippen LogP contribution in [0, 0.1) is 6.92 Å². The fourth-order valence-electron chi connectivity index (χ4n) is 2.56. The first-order valence-electron chi connectivity index (χ1n) is 7.40. The lowest BCUT2D eigenvalue weighted by Crippen LogP contribution is -1.98. The smallest absolute Gasteiger partial charge is 0.265 e. The minimum Gasteiger partial charge on any atom is -0.508 e. The van der Waals surface area contributed by atoms with Gasteiger partial charge in [-0.3, -0.25) is 0 Å². The lowest BCUT2D eigenvalue weighted by Gasteiger charge is -1.97. The molecule has 0 bridgehead atoms. The van der Waals surface area contributed by atoms with Gasteiger partial charge >= 0.3 is 0 Å². The minimum absolute atomic E-state index is 0.187. The van der Waals surface area contributed by atoms with Crippen LogP contribution in [0.4, 0.5) is 5.95 Å². The highest BCUT2D eigenvalue weighted by molar-refractivity contribution is 6.04. The van der Waals surface area contributed by atoms with Gasteiger partial charge < -0.3 is 10.1 Å². The van der Waals surface area contributed by atoms with Crippen LogP contribution in [0.15, 0.2) is 47.6 Å². The summed E-state index contributed by atoms with van der Waals surface area (Å²) in [7, 11) is 0. The largest absolute Gasteiger partial charge is 0.508 e. The van der Waals surface area contributed by atoms with Gasteiger partial charge in [-0.05, 0) is 30.2 Å². The molecular weight excluding hydrogens is 304 g/mol. The second-order valence-electron chi connectivity index (χ2n) is 5.42. The maximum Gasteiger partial charge on any atom is 0.265 e. The topological polar surface area (TPSA) is 99.1 Å². The normalized spacial score (nSPS) is 11.5. The summed E-state index contributed by atoms with van der Waals surface area (Å²) in [5, 5.41) is 22.8. The van der Waals surface area contributed by atoms with E-state index in [9.17, 15) is 5.11 Å². The zero-order valence-electron chi connectivity index (χ0n) is 12.9. The number of phenols is 1. The molecule has 0 aliphatic carbocycles. The van der Waals surface area contributed by atoms with Crippen LogP contribution >= 0.6 is 0 Å². The lowest BCUT2D eigenvalue weighted by atomic mass is 10.1. The van der Waals surface area contributed by atoms with Crippen molar-refractivity contribution in [2.24, 2.45) is 5.10 Å². The van der Waals surface area contributed by atoms with E-state index in [0.29, 0.717) is 11.6 Å². The van der Waals surface area contributed by atoms with E-state index in [2.05, 4.69) is 30.7 Å². The number of benzene rings is 2. The molecule has 118 valence electrons. The predicted molar refractivity (Wildman–Crippen MR) is 93.3 cm³/mol. The fourth-order valence-corrected chi connectivity index (χ4v) is 2.56. The molecule has 3 N–H and O–H groups in total. The lowest BCUT2D eigenvalue weighted by molar-refractivity contribution is 0.475. The molecule has 24 heavy (non-hydrogen) atoms. The Morgan fingerprint density at radius 1 is 1.17 bits per heavy atom. The Hall–Kier alpha value is -3.48. The van der Waals surface area contributed by atoms with Gasteiger partial charge in [-0.25, -0.2) is 5.43 Å². The van der Waals surface area contributed by atoms with Crippen LogP contribution in [0.1, 0.15) is 11.1 Å². The Morgan fingerprint density at radius 3 is 2.92 bits per heavy atom. The van der Waals surface area contributed by atoms with Crippen LogP contribution in [0.5, 0.6) is 5.75 Å². The molecule has 2 aromatic carbocycles. The van der Waals surface area contributed by atoms with Crippen molar-refractivity contribution in [3.8, 4) is 5.75 Å². The van der Waals surface area contributed by atoms with Gasteiger partial charge in [-0.2, -0.15) is 10.1 Å². The van der Waals surface area contributed by atoms with Gasteiger partial charge in [0.15, 0.2) is 5.65 Å². The molecule has 4 aromatic rings. The zero-order valence-corrected chi connectivity index (χ0v) is 12.9. The molecule has 0 fully saturated rings. The summed E-state index contributed by atoms with van der Waals surface area (Å²) in [5.41, 5.74) is 7.04. The van der Waals surface area contributed by atoms with Gasteiger partial charge in [0.05, 0.1) is 11.7 Å². The number of aryl methyl sites for hydroxylation is 1. The molecule has 0 saturated heterocycles. The summed E-state index contributed by atoms with van der Waals surface area (Å²) < 4.78 is 0. The number of aromatic nitrogens is 4. The summed E-state index contributed by atoms with van der Waals surface area (Å²) in [6.07, 6.45) is 1.57. The molecule has 7 heteroatoms. The maximum absolute atomic E-state index is 9.42. The maximum atomic E-state index is 9.42. The quantitative estimate of drug-likeness (QED) is 0.398. The number of phenolic OH excluding ortho intramolecular Hbond substituents is 1. The summed E-state index contributed by atoms with van der Waals surface area (Å²) in [6.45, 7) is 2.03. The summed E-state index contributed by atoms with van der Waals surface area (Å²) in [6, 6.07) is 12.8. The monoisotopic (exact) mass is 318 g/mol. The van der Waals surface area contributed by atoms with Crippen LogP contribution < -0.4 is 5.43 Å². The highest BCUT2D eigenvalue weighted by Crippen LogP contribution is 2.24. The number of aromatic amines is 1. The first-order chi connectivity index (χ1) is 11.7. The Bertz CT molecular complexity index is 1070. The van der Waals surface area contributed by atoms with Gasteiger partial charge in [0.1, 0.15) is 11.3 Å². The van der Waals surface area contributed by atoms with Crippen molar-refractivity contribution in [1.29, 1.82) is 0 Å². The van der Waals surface area contributed by atoms with Gasteiger partial charge in [0.2, 0.25) is 0 Å². The van der Waals surface area contributed by atoms with Gasteiger partial charge in [0, 0.05) is 5.39 Å². The van der Waals surface area contributed by atoms with E-state index in [1.54, 1.807) is 24.4 Å². The number of anilines is 1. The van der Waals surface area contributed by atoms with Crippen LogP contribution in [0.2, 0.25) is 0 Å². The molecule has 0 unspecified atom stereocenters. The molecule has 0 spiro atoms. The van der Waals surface area contributed by atoms with Crippen molar-refractivity contribution in [3.63, 3.8) is 0 Å². The van der Waals surface area contributed by atoms with E-state index in [4.69, 9.17) is 0 Å². The Balaban J connectivity index is 1.63. The number of aromatic hydroxyl groups is 1. The third-order valence-electron chi connectivity index (χ3n) is 3.71. The number of para-hydroxylation sites is 1. The summed E-state index contributed by atoms with van der Waals surface area (Å²) in [5.74, 6) is 0.481.